The molecule has 0 aromatic heterocycles. The number of amides is 1. The van der Waals surface area contributed by atoms with E-state index in [-0.39, 0.29) is 12.0 Å². The first-order valence-electron chi connectivity index (χ1n) is 10.1. The van der Waals surface area contributed by atoms with E-state index in [1.807, 2.05) is 18.2 Å². The standard InChI is InChI=1S/C24H31NO2/c1-4-8-22-17-19(12-14-23(22)27-3)11-13-21-15-16-25(24(21)26)18(2)20-9-6-5-7-10-20/h5-7,9-10,12,14,17-18,21H,4,8,11,13,15-16H2,1-3H3/t18-,21-/m0/s1. The predicted molar refractivity (Wildman–Crippen MR) is 110 cm³/mol. The van der Waals surface area contributed by atoms with Gasteiger partial charge in [-0.15, -0.1) is 0 Å². The van der Waals surface area contributed by atoms with Crippen molar-refractivity contribution in [3.05, 3.63) is 65.2 Å². The first-order chi connectivity index (χ1) is 13.1. The molecule has 0 N–H and O–H groups in total. The maximum absolute atomic E-state index is 12.9. The molecule has 2 aromatic carbocycles. The monoisotopic (exact) mass is 365 g/mol. The molecule has 1 fully saturated rings. The van der Waals surface area contributed by atoms with Crippen molar-refractivity contribution in [2.75, 3.05) is 13.7 Å². The van der Waals surface area contributed by atoms with Crippen molar-refractivity contribution >= 4 is 5.91 Å². The van der Waals surface area contributed by atoms with Gasteiger partial charge in [0, 0.05) is 12.5 Å². The Morgan fingerprint density at radius 3 is 2.63 bits per heavy atom. The number of nitrogens with zero attached hydrogens (tertiary/aromatic N) is 1. The normalized spacial score (nSPS) is 18.0. The van der Waals surface area contributed by atoms with Crippen LogP contribution in [-0.2, 0) is 17.6 Å². The second-order valence-electron chi connectivity index (χ2n) is 7.54. The van der Waals surface area contributed by atoms with Gasteiger partial charge in [-0.05, 0) is 55.4 Å². The van der Waals surface area contributed by atoms with E-state index in [1.54, 1.807) is 7.11 Å². The Bertz CT molecular complexity index is 756. The Kier molecular flexibility index (Phi) is 6.54. The maximum Gasteiger partial charge on any atom is 0.226 e. The highest BCUT2D eigenvalue weighted by atomic mass is 16.5. The van der Waals surface area contributed by atoms with E-state index in [1.165, 1.54) is 16.7 Å². The van der Waals surface area contributed by atoms with Crippen molar-refractivity contribution in [2.24, 2.45) is 5.92 Å². The number of ether oxygens (including phenoxy) is 1. The van der Waals surface area contributed by atoms with Crippen molar-refractivity contribution in [3.63, 3.8) is 0 Å². The topological polar surface area (TPSA) is 29.5 Å². The Balaban J connectivity index is 1.61. The van der Waals surface area contributed by atoms with Crippen LogP contribution < -0.4 is 4.74 Å². The second-order valence-corrected chi connectivity index (χ2v) is 7.54. The molecule has 0 spiro atoms. The highest BCUT2D eigenvalue weighted by molar-refractivity contribution is 5.81. The largest absolute Gasteiger partial charge is 0.496 e. The first-order valence-corrected chi connectivity index (χ1v) is 10.1. The van der Waals surface area contributed by atoms with E-state index >= 15 is 0 Å². The maximum atomic E-state index is 12.9. The zero-order valence-electron chi connectivity index (χ0n) is 16.8. The zero-order chi connectivity index (χ0) is 19.2. The molecule has 0 aliphatic carbocycles. The summed E-state index contributed by atoms with van der Waals surface area (Å²) in [5, 5.41) is 0. The molecule has 3 nitrogen and oxygen atoms in total. The summed E-state index contributed by atoms with van der Waals surface area (Å²) in [7, 11) is 1.73. The lowest BCUT2D eigenvalue weighted by Gasteiger charge is -2.25. The van der Waals surface area contributed by atoms with Gasteiger partial charge in [0.2, 0.25) is 5.91 Å². The Labute approximate surface area is 163 Å². The first kappa shape index (κ1) is 19.5. The van der Waals surface area contributed by atoms with E-state index < -0.39 is 0 Å². The third kappa shape index (κ3) is 4.52. The number of rotatable bonds is 8. The molecule has 0 radical (unpaired) electrons. The number of methoxy groups -OCH3 is 1. The molecule has 0 unspecified atom stereocenters. The predicted octanol–water partition coefficient (Wildman–Crippen LogP) is 5.19. The van der Waals surface area contributed by atoms with Crippen molar-refractivity contribution < 1.29 is 9.53 Å². The van der Waals surface area contributed by atoms with Gasteiger partial charge in [0.25, 0.3) is 0 Å². The fourth-order valence-corrected chi connectivity index (χ4v) is 4.12. The number of likely N-dealkylation sites (tertiary alicyclic amines) is 1. The molecule has 1 amide bonds. The Hall–Kier alpha value is -2.29. The van der Waals surface area contributed by atoms with Crippen LogP contribution in [0.5, 0.6) is 5.75 Å². The van der Waals surface area contributed by atoms with Crippen LogP contribution in [0.3, 0.4) is 0 Å². The highest BCUT2D eigenvalue weighted by Gasteiger charge is 2.34. The Morgan fingerprint density at radius 2 is 1.93 bits per heavy atom. The molecule has 1 heterocycles. The lowest BCUT2D eigenvalue weighted by atomic mass is 9.96. The molecule has 3 rings (SSSR count). The van der Waals surface area contributed by atoms with Crippen molar-refractivity contribution in [1.82, 2.24) is 4.90 Å². The highest BCUT2D eigenvalue weighted by Crippen LogP contribution is 2.31. The minimum absolute atomic E-state index is 0.146. The van der Waals surface area contributed by atoms with Crippen LogP contribution in [0.4, 0.5) is 0 Å². The average molecular weight is 366 g/mol. The summed E-state index contributed by atoms with van der Waals surface area (Å²) in [4.78, 5) is 15.0. The lowest BCUT2D eigenvalue weighted by molar-refractivity contribution is -0.132. The van der Waals surface area contributed by atoms with Gasteiger partial charge in [0.15, 0.2) is 0 Å². The number of benzene rings is 2. The van der Waals surface area contributed by atoms with Gasteiger partial charge in [-0.3, -0.25) is 4.79 Å². The molecule has 0 bridgehead atoms. The minimum atomic E-state index is 0.146. The van der Waals surface area contributed by atoms with Crippen LogP contribution >= 0.6 is 0 Å². The van der Waals surface area contributed by atoms with Gasteiger partial charge < -0.3 is 9.64 Å². The number of hydrogen-bond acceptors (Lipinski definition) is 2. The summed E-state index contributed by atoms with van der Waals surface area (Å²) in [6.07, 6.45) is 4.97. The number of hydrogen-bond donors (Lipinski definition) is 0. The fourth-order valence-electron chi connectivity index (χ4n) is 4.12. The third-order valence-electron chi connectivity index (χ3n) is 5.75. The zero-order valence-corrected chi connectivity index (χ0v) is 16.8. The van der Waals surface area contributed by atoms with Crippen molar-refractivity contribution in [2.45, 2.75) is 52.0 Å². The summed E-state index contributed by atoms with van der Waals surface area (Å²) < 4.78 is 5.47. The number of carbonyl (C=O) groups excluding carboxylic acids is 1. The van der Waals surface area contributed by atoms with Crippen molar-refractivity contribution in [3.8, 4) is 5.75 Å². The molecule has 2 atom stereocenters. The molecule has 27 heavy (non-hydrogen) atoms. The molecule has 0 saturated carbocycles. The van der Waals surface area contributed by atoms with Crippen LogP contribution in [-0.4, -0.2) is 24.5 Å². The Morgan fingerprint density at radius 1 is 1.15 bits per heavy atom. The van der Waals surface area contributed by atoms with E-state index in [9.17, 15) is 4.79 Å². The molecule has 2 aromatic rings. The summed E-state index contributed by atoms with van der Waals surface area (Å²) >= 11 is 0. The summed E-state index contributed by atoms with van der Waals surface area (Å²) in [5.74, 6) is 1.43. The lowest BCUT2D eigenvalue weighted by Crippen LogP contribution is -2.30. The molecule has 1 aliphatic heterocycles. The SMILES string of the molecule is CCCc1cc(CC[C@H]2CCN([C@@H](C)c3ccccc3)C2=O)ccc1OC. The summed E-state index contributed by atoms with van der Waals surface area (Å²) in [5.41, 5.74) is 3.79. The van der Waals surface area contributed by atoms with Gasteiger partial charge in [0.05, 0.1) is 13.2 Å². The van der Waals surface area contributed by atoms with Crippen LogP contribution in [0.2, 0.25) is 0 Å². The molecule has 1 aliphatic rings. The van der Waals surface area contributed by atoms with Gasteiger partial charge in [0.1, 0.15) is 5.75 Å². The van der Waals surface area contributed by atoms with Gasteiger partial charge in [-0.25, -0.2) is 0 Å². The molecule has 1 saturated heterocycles. The molecular formula is C24H31NO2. The van der Waals surface area contributed by atoms with Gasteiger partial charge >= 0.3 is 0 Å². The van der Waals surface area contributed by atoms with Gasteiger partial charge in [-0.1, -0.05) is 55.8 Å². The molecular weight excluding hydrogens is 334 g/mol. The summed E-state index contributed by atoms with van der Waals surface area (Å²) in [6.45, 7) is 5.19. The quantitative estimate of drug-likeness (QED) is 0.644. The van der Waals surface area contributed by atoms with Crippen LogP contribution in [0.25, 0.3) is 0 Å². The average Bonchev–Trinajstić information content (AvgIpc) is 3.07. The van der Waals surface area contributed by atoms with E-state index in [0.717, 1.165) is 44.4 Å². The van der Waals surface area contributed by atoms with E-state index in [2.05, 4.69) is 49.1 Å². The minimum Gasteiger partial charge on any atom is -0.496 e. The van der Waals surface area contributed by atoms with Gasteiger partial charge in [-0.2, -0.15) is 0 Å². The van der Waals surface area contributed by atoms with Crippen LogP contribution in [0.15, 0.2) is 48.5 Å². The number of aryl methyl sites for hydroxylation is 2. The number of carbonyl (C=O) groups is 1. The molecule has 144 valence electrons. The van der Waals surface area contributed by atoms with Crippen LogP contribution in [0, 0.1) is 5.92 Å². The van der Waals surface area contributed by atoms with Crippen molar-refractivity contribution in [1.29, 1.82) is 0 Å². The fraction of sp³-hybridized carbons (Fsp3) is 0.458. The molecule has 3 heteroatoms. The summed E-state index contributed by atoms with van der Waals surface area (Å²) in [6, 6.07) is 16.9. The third-order valence-corrected chi connectivity index (χ3v) is 5.75. The van der Waals surface area contributed by atoms with E-state index in [0.29, 0.717) is 5.91 Å². The van der Waals surface area contributed by atoms with E-state index in [4.69, 9.17) is 4.74 Å². The van der Waals surface area contributed by atoms with Crippen LogP contribution in [0.1, 0.15) is 55.8 Å². The smallest absolute Gasteiger partial charge is 0.226 e. The second kappa shape index (κ2) is 9.07.